The van der Waals surface area contributed by atoms with E-state index in [0.717, 1.165) is 0 Å². The molecule has 0 spiro atoms. The average molecular weight is 397 g/mol. The maximum absolute atomic E-state index is 12.9. The zero-order valence-electron chi connectivity index (χ0n) is 16.3. The molecule has 0 radical (unpaired) electrons. The number of aliphatic hydroxyl groups is 1. The highest BCUT2D eigenvalue weighted by atomic mass is 16.5. The van der Waals surface area contributed by atoms with E-state index in [2.05, 4.69) is 0 Å². The molecule has 1 saturated heterocycles. The highest BCUT2D eigenvalue weighted by molar-refractivity contribution is 6.46. The summed E-state index contributed by atoms with van der Waals surface area (Å²) >= 11 is 0. The van der Waals surface area contributed by atoms with Crippen LogP contribution in [0.5, 0.6) is 11.5 Å². The summed E-state index contributed by atoms with van der Waals surface area (Å²) in [6, 6.07) is 12.1. The van der Waals surface area contributed by atoms with E-state index in [1.165, 1.54) is 24.1 Å². The zero-order chi connectivity index (χ0) is 21.0. The van der Waals surface area contributed by atoms with Crippen molar-refractivity contribution in [3.05, 3.63) is 65.2 Å². The summed E-state index contributed by atoms with van der Waals surface area (Å²) in [6.45, 7) is 0.694. The lowest BCUT2D eigenvalue weighted by Gasteiger charge is -2.25. The first-order valence-corrected chi connectivity index (χ1v) is 9.18. The Hall–Kier alpha value is -3.32. The van der Waals surface area contributed by atoms with E-state index in [4.69, 9.17) is 9.47 Å². The summed E-state index contributed by atoms with van der Waals surface area (Å²) < 4.78 is 10.2. The van der Waals surface area contributed by atoms with Gasteiger partial charge in [-0.05, 0) is 36.2 Å². The third-order valence-electron chi connectivity index (χ3n) is 4.82. The number of nitrogens with zero attached hydrogens (tertiary/aromatic N) is 1. The fourth-order valence-corrected chi connectivity index (χ4v) is 3.46. The van der Waals surface area contributed by atoms with Gasteiger partial charge in [0.1, 0.15) is 17.3 Å². The van der Waals surface area contributed by atoms with Gasteiger partial charge >= 0.3 is 0 Å². The van der Waals surface area contributed by atoms with Gasteiger partial charge in [-0.3, -0.25) is 9.59 Å². The van der Waals surface area contributed by atoms with Crippen molar-refractivity contribution in [3.8, 4) is 11.5 Å². The Morgan fingerprint density at radius 3 is 2.55 bits per heavy atom. The van der Waals surface area contributed by atoms with Gasteiger partial charge in [0, 0.05) is 25.8 Å². The molecular weight excluding hydrogens is 374 g/mol. The molecule has 0 bridgehead atoms. The lowest BCUT2D eigenvalue weighted by Crippen LogP contribution is -2.31. The molecule has 29 heavy (non-hydrogen) atoms. The van der Waals surface area contributed by atoms with Crippen molar-refractivity contribution in [2.45, 2.75) is 12.5 Å². The van der Waals surface area contributed by atoms with Gasteiger partial charge in [-0.15, -0.1) is 0 Å². The Morgan fingerprint density at radius 2 is 1.86 bits per heavy atom. The van der Waals surface area contributed by atoms with Crippen LogP contribution < -0.4 is 4.74 Å². The molecule has 2 N–H and O–H groups in total. The lowest BCUT2D eigenvalue weighted by atomic mass is 9.95. The van der Waals surface area contributed by atoms with Crippen LogP contribution in [-0.2, 0) is 14.3 Å². The maximum Gasteiger partial charge on any atom is 0.295 e. The summed E-state index contributed by atoms with van der Waals surface area (Å²) in [4.78, 5) is 27.0. The quantitative estimate of drug-likeness (QED) is 0.323. The molecule has 7 heteroatoms. The highest BCUT2D eigenvalue weighted by Crippen LogP contribution is 2.40. The predicted molar refractivity (Wildman–Crippen MR) is 107 cm³/mol. The van der Waals surface area contributed by atoms with Crippen LogP contribution in [0.3, 0.4) is 0 Å². The van der Waals surface area contributed by atoms with Crippen LogP contribution in [0.2, 0.25) is 0 Å². The first-order chi connectivity index (χ1) is 14.0. The minimum Gasteiger partial charge on any atom is -0.508 e. The average Bonchev–Trinajstić information content (AvgIpc) is 2.98. The number of rotatable bonds is 7. The molecule has 1 unspecified atom stereocenters. The summed E-state index contributed by atoms with van der Waals surface area (Å²) in [6.07, 6.45) is 0.526. The van der Waals surface area contributed by atoms with E-state index in [1.807, 2.05) is 0 Å². The number of hydrogen-bond acceptors (Lipinski definition) is 6. The van der Waals surface area contributed by atoms with E-state index in [0.29, 0.717) is 29.9 Å². The SMILES string of the molecule is COCCCN1C(=O)C(=O)C(=C(O)c2cccc(OC)c2)C1c1cccc(O)c1. The molecule has 7 nitrogen and oxygen atoms in total. The van der Waals surface area contributed by atoms with Crippen molar-refractivity contribution in [1.82, 2.24) is 4.90 Å². The van der Waals surface area contributed by atoms with Crippen molar-refractivity contribution in [1.29, 1.82) is 0 Å². The third-order valence-corrected chi connectivity index (χ3v) is 4.82. The second-order valence-electron chi connectivity index (χ2n) is 6.67. The second kappa shape index (κ2) is 8.79. The van der Waals surface area contributed by atoms with Crippen molar-refractivity contribution in [2.75, 3.05) is 27.4 Å². The highest BCUT2D eigenvalue weighted by Gasteiger charge is 2.45. The Balaban J connectivity index is 2.13. The molecule has 1 heterocycles. The molecule has 0 aromatic heterocycles. The Kier molecular flexibility index (Phi) is 6.19. The molecule has 1 aliphatic heterocycles. The number of likely N-dealkylation sites (tertiary alicyclic amines) is 1. The number of benzene rings is 2. The number of amides is 1. The van der Waals surface area contributed by atoms with Crippen molar-refractivity contribution < 1.29 is 29.3 Å². The third kappa shape index (κ3) is 4.09. The standard InChI is InChI=1S/C22H23NO6/c1-28-11-5-10-23-19(14-6-3-8-16(24)12-14)18(21(26)22(23)27)20(25)15-7-4-9-17(13-15)29-2/h3-4,6-9,12-13,19,24-25H,5,10-11H2,1-2H3. The van der Waals surface area contributed by atoms with E-state index >= 15 is 0 Å². The van der Waals surface area contributed by atoms with E-state index < -0.39 is 17.7 Å². The van der Waals surface area contributed by atoms with Crippen LogP contribution in [0.15, 0.2) is 54.1 Å². The number of phenols is 1. The monoisotopic (exact) mass is 397 g/mol. The van der Waals surface area contributed by atoms with Crippen molar-refractivity contribution in [2.24, 2.45) is 0 Å². The molecule has 1 amide bonds. The number of aromatic hydroxyl groups is 1. The molecule has 2 aromatic rings. The smallest absolute Gasteiger partial charge is 0.295 e. The van der Waals surface area contributed by atoms with E-state index in [1.54, 1.807) is 43.5 Å². The van der Waals surface area contributed by atoms with Crippen LogP contribution in [-0.4, -0.2) is 54.2 Å². The molecule has 1 atom stereocenters. The largest absolute Gasteiger partial charge is 0.508 e. The van der Waals surface area contributed by atoms with Crippen LogP contribution >= 0.6 is 0 Å². The second-order valence-corrected chi connectivity index (χ2v) is 6.67. The molecule has 0 aliphatic carbocycles. The van der Waals surface area contributed by atoms with Gasteiger partial charge in [-0.25, -0.2) is 0 Å². The molecular formula is C22H23NO6. The normalized spacial score (nSPS) is 18.3. The number of phenolic OH excluding ortho intramolecular Hbond substituents is 1. The first kappa shape index (κ1) is 20.4. The van der Waals surface area contributed by atoms with Gasteiger partial charge in [0.2, 0.25) is 0 Å². The van der Waals surface area contributed by atoms with E-state index in [-0.39, 0.29) is 23.6 Å². The summed E-state index contributed by atoms with van der Waals surface area (Å²) in [5.74, 6) is -1.23. The van der Waals surface area contributed by atoms with E-state index in [9.17, 15) is 19.8 Å². The molecule has 1 aliphatic rings. The number of carbonyl (C=O) groups is 2. The maximum atomic E-state index is 12.9. The van der Waals surface area contributed by atoms with Crippen LogP contribution in [0, 0.1) is 0 Å². The Bertz CT molecular complexity index is 952. The van der Waals surface area contributed by atoms with Gasteiger partial charge in [0.25, 0.3) is 11.7 Å². The van der Waals surface area contributed by atoms with Gasteiger partial charge in [0.05, 0.1) is 18.7 Å². The van der Waals surface area contributed by atoms with Crippen molar-refractivity contribution >= 4 is 17.4 Å². The zero-order valence-corrected chi connectivity index (χ0v) is 16.3. The summed E-state index contributed by atoms with van der Waals surface area (Å²) in [7, 11) is 3.06. The number of methoxy groups -OCH3 is 2. The fraction of sp³-hybridized carbons (Fsp3) is 0.273. The van der Waals surface area contributed by atoms with Gasteiger partial charge in [0.15, 0.2) is 0 Å². The number of Topliss-reactive ketones (excluding diaryl/α,β-unsaturated/α-hetero) is 1. The van der Waals surface area contributed by atoms with Crippen LogP contribution in [0.4, 0.5) is 0 Å². The number of ether oxygens (including phenoxy) is 2. The van der Waals surface area contributed by atoms with Crippen LogP contribution in [0.25, 0.3) is 5.76 Å². The molecule has 1 fully saturated rings. The fourth-order valence-electron chi connectivity index (χ4n) is 3.46. The lowest BCUT2D eigenvalue weighted by molar-refractivity contribution is -0.140. The molecule has 3 rings (SSSR count). The van der Waals surface area contributed by atoms with Gasteiger partial charge < -0.3 is 24.6 Å². The summed E-state index contributed by atoms with van der Waals surface area (Å²) in [5.41, 5.74) is 0.877. The molecule has 0 saturated carbocycles. The predicted octanol–water partition coefficient (Wildman–Crippen LogP) is 2.86. The number of hydrogen-bond donors (Lipinski definition) is 2. The molecule has 152 valence electrons. The van der Waals surface area contributed by atoms with Gasteiger partial charge in [-0.1, -0.05) is 24.3 Å². The first-order valence-electron chi connectivity index (χ1n) is 9.18. The Labute approximate surface area is 168 Å². The number of ketones is 1. The Morgan fingerprint density at radius 1 is 1.10 bits per heavy atom. The van der Waals surface area contributed by atoms with Gasteiger partial charge in [-0.2, -0.15) is 0 Å². The minimum atomic E-state index is -0.815. The number of carbonyl (C=O) groups excluding carboxylic acids is 2. The minimum absolute atomic E-state index is 0.00589. The van der Waals surface area contributed by atoms with Crippen LogP contribution in [0.1, 0.15) is 23.6 Å². The van der Waals surface area contributed by atoms with Crippen molar-refractivity contribution in [3.63, 3.8) is 0 Å². The number of aliphatic hydroxyl groups excluding tert-OH is 1. The topological polar surface area (TPSA) is 96.3 Å². The molecule has 2 aromatic carbocycles. The summed E-state index contributed by atoms with van der Waals surface area (Å²) in [5, 5.41) is 20.9.